The lowest BCUT2D eigenvalue weighted by molar-refractivity contribution is 0.101. The Hall–Kier alpha value is -1.52. The highest BCUT2D eigenvalue weighted by Crippen LogP contribution is 2.28. The van der Waals surface area contributed by atoms with E-state index in [-0.39, 0.29) is 5.78 Å². The molecule has 3 nitrogen and oxygen atoms in total. The second kappa shape index (κ2) is 6.96. The first-order valence-electron chi connectivity index (χ1n) is 6.27. The van der Waals surface area contributed by atoms with Crippen LogP contribution in [0.2, 0.25) is 5.02 Å². The number of hydrogen-bond acceptors (Lipinski definition) is 3. The average molecular weight is 370 g/mol. The molecule has 0 bridgehead atoms. The quantitative estimate of drug-likeness (QED) is 0.704. The van der Waals surface area contributed by atoms with Gasteiger partial charge in [0.1, 0.15) is 18.1 Å². The molecular weight excluding hydrogens is 356 g/mol. The molecule has 2 rings (SSSR count). The van der Waals surface area contributed by atoms with Gasteiger partial charge in [-0.3, -0.25) is 4.79 Å². The smallest absolute Gasteiger partial charge is 0.159 e. The highest BCUT2D eigenvalue weighted by molar-refractivity contribution is 9.10. The van der Waals surface area contributed by atoms with Crippen LogP contribution in [0.25, 0.3) is 0 Å². The van der Waals surface area contributed by atoms with E-state index in [1.165, 1.54) is 6.92 Å². The van der Waals surface area contributed by atoms with Crippen LogP contribution in [-0.4, -0.2) is 12.9 Å². The van der Waals surface area contributed by atoms with E-state index in [1.807, 2.05) is 18.2 Å². The second-order valence-electron chi connectivity index (χ2n) is 4.45. The number of carbonyl (C=O) groups excluding carboxylic acids is 1. The predicted octanol–water partition coefficient (Wildman–Crippen LogP) is 4.89. The van der Waals surface area contributed by atoms with E-state index < -0.39 is 0 Å². The lowest BCUT2D eigenvalue weighted by atomic mass is 10.1. The van der Waals surface area contributed by atoms with E-state index in [0.717, 1.165) is 15.8 Å². The molecule has 0 unspecified atom stereocenters. The Morgan fingerprint density at radius 2 is 2.00 bits per heavy atom. The van der Waals surface area contributed by atoms with Gasteiger partial charge in [-0.25, -0.2) is 0 Å². The van der Waals surface area contributed by atoms with Gasteiger partial charge in [-0.05, 0) is 43.3 Å². The average Bonchev–Trinajstić information content (AvgIpc) is 2.47. The Labute approximate surface area is 137 Å². The summed E-state index contributed by atoms with van der Waals surface area (Å²) in [6.07, 6.45) is 0. The van der Waals surface area contributed by atoms with Crippen molar-refractivity contribution in [2.75, 3.05) is 7.11 Å². The van der Waals surface area contributed by atoms with E-state index in [0.29, 0.717) is 22.9 Å². The fourth-order valence-corrected chi connectivity index (χ4v) is 2.38. The summed E-state index contributed by atoms with van der Waals surface area (Å²) < 4.78 is 11.8. The Morgan fingerprint density at radius 1 is 1.24 bits per heavy atom. The lowest BCUT2D eigenvalue weighted by Gasteiger charge is -2.11. The molecule has 0 N–H and O–H groups in total. The summed E-state index contributed by atoms with van der Waals surface area (Å²) in [5, 5.41) is 0.418. The van der Waals surface area contributed by atoms with Crippen molar-refractivity contribution in [3.63, 3.8) is 0 Å². The standard InChI is InChI=1S/C16H14BrClO3/c1-10(19)11-3-6-16(15(18)8-11)21-9-12-7-13(20-2)4-5-14(12)17/h3-8H,9H2,1-2H3. The number of methoxy groups -OCH3 is 1. The second-order valence-corrected chi connectivity index (χ2v) is 5.71. The van der Waals surface area contributed by atoms with Crippen LogP contribution < -0.4 is 9.47 Å². The van der Waals surface area contributed by atoms with Gasteiger partial charge >= 0.3 is 0 Å². The molecule has 0 heterocycles. The van der Waals surface area contributed by atoms with Crippen LogP contribution in [0.1, 0.15) is 22.8 Å². The van der Waals surface area contributed by atoms with Gasteiger partial charge < -0.3 is 9.47 Å². The molecular formula is C16H14BrClO3. The monoisotopic (exact) mass is 368 g/mol. The van der Waals surface area contributed by atoms with Crippen LogP contribution in [0.4, 0.5) is 0 Å². The molecule has 0 saturated heterocycles. The number of benzene rings is 2. The summed E-state index contributed by atoms with van der Waals surface area (Å²) in [5.74, 6) is 1.27. The van der Waals surface area contributed by atoms with Crippen LogP contribution in [0.5, 0.6) is 11.5 Å². The molecule has 0 aliphatic heterocycles. The van der Waals surface area contributed by atoms with Gasteiger partial charge in [0.15, 0.2) is 5.78 Å². The Kier molecular flexibility index (Phi) is 5.26. The van der Waals surface area contributed by atoms with Crippen molar-refractivity contribution in [3.8, 4) is 11.5 Å². The number of Topliss-reactive ketones (excluding diaryl/α,β-unsaturated/α-hetero) is 1. The van der Waals surface area contributed by atoms with Crippen LogP contribution in [-0.2, 0) is 6.61 Å². The Bertz CT molecular complexity index is 671. The molecule has 2 aromatic rings. The van der Waals surface area contributed by atoms with Crippen LogP contribution in [0.15, 0.2) is 40.9 Å². The highest BCUT2D eigenvalue weighted by Gasteiger charge is 2.08. The maximum Gasteiger partial charge on any atom is 0.159 e. The zero-order valence-corrected chi connectivity index (χ0v) is 14.0. The lowest BCUT2D eigenvalue weighted by Crippen LogP contribution is -1.99. The van der Waals surface area contributed by atoms with Crippen molar-refractivity contribution in [1.29, 1.82) is 0 Å². The van der Waals surface area contributed by atoms with Gasteiger partial charge in [0.05, 0.1) is 12.1 Å². The molecule has 0 radical (unpaired) electrons. The van der Waals surface area contributed by atoms with Crippen molar-refractivity contribution < 1.29 is 14.3 Å². The topological polar surface area (TPSA) is 35.5 Å². The first-order chi connectivity index (χ1) is 10.0. The number of ether oxygens (including phenoxy) is 2. The Balaban J connectivity index is 2.15. The zero-order chi connectivity index (χ0) is 15.4. The molecule has 21 heavy (non-hydrogen) atoms. The van der Waals surface area contributed by atoms with E-state index in [9.17, 15) is 4.79 Å². The molecule has 5 heteroatoms. The maximum atomic E-state index is 11.3. The largest absolute Gasteiger partial charge is 0.497 e. The predicted molar refractivity (Wildman–Crippen MR) is 86.5 cm³/mol. The van der Waals surface area contributed by atoms with Gasteiger partial charge in [-0.2, -0.15) is 0 Å². The molecule has 110 valence electrons. The van der Waals surface area contributed by atoms with E-state index >= 15 is 0 Å². The summed E-state index contributed by atoms with van der Waals surface area (Å²) >= 11 is 9.59. The number of halogens is 2. The first kappa shape index (κ1) is 15.9. The van der Waals surface area contributed by atoms with E-state index in [2.05, 4.69) is 15.9 Å². The first-order valence-corrected chi connectivity index (χ1v) is 7.44. The summed E-state index contributed by atoms with van der Waals surface area (Å²) in [4.78, 5) is 11.3. The third kappa shape index (κ3) is 3.99. The normalized spacial score (nSPS) is 10.3. The van der Waals surface area contributed by atoms with E-state index in [1.54, 1.807) is 25.3 Å². The highest BCUT2D eigenvalue weighted by atomic mass is 79.9. The SMILES string of the molecule is COc1ccc(Br)c(COc2ccc(C(C)=O)cc2Cl)c1. The molecule has 0 aliphatic carbocycles. The molecule has 0 saturated carbocycles. The fraction of sp³-hybridized carbons (Fsp3) is 0.188. The van der Waals surface area contributed by atoms with Gasteiger partial charge in [0.25, 0.3) is 0 Å². The maximum absolute atomic E-state index is 11.3. The number of rotatable bonds is 5. The minimum absolute atomic E-state index is 0.0287. The van der Waals surface area contributed by atoms with Gasteiger partial charge in [0, 0.05) is 15.6 Å². The van der Waals surface area contributed by atoms with Crippen molar-refractivity contribution in [3.05, 3.63) is 57.0 Å². The number of ketones is 1. The molecule has 0 atom stereocenters. The van der Waals surface area contributed by atoms with Crippen LogP contribution in [0.3, 0.4) is 0 Å². The van der Waals surface area contributed by atoms with Crippen LogP contribution in [0, 0.1) is 0 Å². The minimum Gasteiger partial charge on any atom is -0.497 e. The minimum atomic E-state index is -0.0287. The Morgan fingerprint density at radius 3 is 2.62 bits per heavy atom. The number of carbonyl (C=O) groups is 1. The fourth-order valence-electron chi connectivity index (χ4n) is 1.78. The van der Waals surface area contributed by atoms with Crippen molar-refractivity contribution in [1.82, 2.24) is 0 Å². The van der Waals surface area contributed by atoms with Crippen molar-refractivity contribution in [2.24, 2.45) is 0 Å². The third-order valence-electron chi connectivity index (χ3n) is 2.97. The molecule has 0 spiro atoms. The van der Waals surface area contributed by atoms with Gasteiger partial charge in [-0.1, -0.05) is 27.5 Å². The van der Waals surface area contributed by atoms with Gasteiger partial charge in [0.2, 0.25) is 0 Å². The molecule has 0 fully saturated rings. The third-order valence-corrected chi connectivity index (χ3v) is 4.04. The molecule has 0 aliphatic rings. The summed E-state index contributed by atoms with van der Waals surface area (Å²) in [5.41, 5.74) is 1.51. The van der Waals surface area contributed by atoms with Crippen molar-refractivity contribution >= 4 is 33.3 Å². The summed E-state index contributed by atoms with van der Waals surface area (Å²) in [6.45, 7) is 1.84. The molecule has 0 aromatic heterocycles. The van der Waals surface area contributed by atoms with Crippen LogP contribution >= 0.6 is 27.5 Å². The molecule has 0 amide bonds. The zero-order valence-electron chi connectivity index (χ0n) is 11.7. The van der Waals surface area contributed by atoms with Crippen molar-refractivity contribution in [2.45, 2.75) is 13.5 Å². The summed E-state index contributed by atoms with van der Waals surface area (Å²) in [7, 11) is 1.62. The number of hydrogen-bond donors (Lipinski definition) is 0. The summed E-state index contributed by atoms with van der Waals surface area (Å²) in [6, 6.07) is 10.7. The van der Waals surface area contributed by atoms with E-state index in [4.69, 9.17) is 21.1 Å². The van der Waals surface area contributed by atoms with Gasteiger partial charge in [-0.15, -0.1) is 0 Å². The molecule has 2 aromatic carbocycles.